The number of alkyl halides is 2. The third-order valence-electron chi connectivity index (χ3n) is 4.74. The molecule has 0 N–H and O–H groups in total. The minimum absolute atomic E-state index is 0.0536. The summed E-state index contributed by atoms with van der Waals surface area (Å²) in [6, 6.07) is 6.53. The van der Waals surface area contributed by atoms with Crippen LogP contribution >= 0.6 is 0 Å². The van der Waals surface area contributed by atoms with Gasteiger partial charge in [-0.3, -0.25) is 0 Å². The lowest BCUT2D eigenvalue weighted by molar-refractivity contribution is 0.0959. The Kier molecular flexibility index (Phi) is 4.89. The van der Waals surface area contributed by atoms with Crippen LogP contribution in [0.3, 0.4) is 0 Å². The molecule has 0 aliphatic heterocycles. The van der Waals surface area contributed by atoms with E-state index in [1.54, 1.807) is 22.9 Å². The van der Waals surface area contributed by atoms with Crippen molar-refractivity contribution in [3.63, 3.8) is 0 Å². The molecule has 1 aromatic heterocycles. The van der Waals surface area contributed by atoms with Crippen molar-refractivity contribution in [1.29, 1.82) is 0 Å². The summed E-state index contributed by atoms with van der Waals surface area (Å²) in [7, 11) is 1.41. The molecule has 4 nitrogen and oxygen atoms in total. The largest absolute Gasteiger partial charge is 0.494 e. The lowest BCUT2D eigenvalue weighted by Crippen LogP contribution is -2.24. The third kappa shape index (κ3) is 3.52. The number of rotatable bonds is 6. The van der Waals surface area contributed by atoms with Gasteiger partial charge in [-0.05, 0) is 42.7 Å². The minimum Gasteiger partial charge on any atom is -0.494 e. The van der Waals surface area contributed by atoms with Gasteiger partial charge in [0.1, 0.15) is 0 Å². The summed E-state index contributed by atoms with van der Waals surface area (Å²) < 4.78 is 47.0. The van der Waals surface area contributed by atoms with E-state index < -0.39 is 17.7 Å². The first-order valence-electron chi connectivity index (χ1n) is 8.29. The zero-order valence-electron chi connectivity index (χ0n) is 14.7. The average molecular weight is 363 g/mol. The minimum atomic E-state index is -2.54. The molecule has 26 heavy (non-hydrogen) atoms. The number of aromatic nitrogens is 1. The molecule has 1 aliphatic rings. The summed E-state index contributed by atoms with van der Waals surface area (Å²) in [4.78, 5) is 0. The van der Waals surface area contributed by atoms with Crippen molar-refractivity contribution >= 4 is 6.72 Å². The smallest absolute Gasteiger partial charge is 0.251 e. The highest BCUT2D eigenvalue weighted by molar-refractivity contribution is 5.67. The maximum Gasteiger partial charge on any atom is 0.251 e. The highest BCUT2D eigenvalue weighted by atomic mass is 19.3. The van der Waals surface area contributed by atoms with E-state index in [2.05, 4.69) is 16.9 Å². The van der Waals surface area contributed by atoms with Crippen molar-refractivity contribution in [2.45, 2.75) is 32.2 Å². The molecule has 1 saturated carbocycles. The van der Waals surface area contributed by atoms with Gasteiger partial charge in [-0.1, -0.05) is 6.07 Å². The molecule has 3 rings (SSSR count). The topological polar surface area (TPSA) is 38.9 Å². The lowest BCUT2D eigenvalue weighted by Gasteiger charge is -2.13. The predicted octanol–water partition coefficient (Wildman–Crippen LogP) is 4.17. The Bertz CT molecular complexity index is 905. The van der Waals surface area contributed by atoms with Crippen LogP contribution in [0.4, 0.5) is 13.2 Å². The number of nitrogens with zero attached hydrogens (tertiary/aromatic N) is 3. The Balaban J connectivity index is 1.96. The van der Waals surface area contributed by atoms with Crippen LogP contribution in [-0.2, 0) is 6.54 Å². The summed E-state index contributed by atoms with van der Waals surface area (Å²) in [5.74, 6) is -3.41. The van der Waals surface area contributed by atoms with Crippen LogP contribution in [-0.4, -0.2) is 24.3 Å². The fourth-order valence-corrected chi connectivity index (χ4v) is 3.10. The van der Waals surface area contributed by atoms with Crippen LogP contribution < -0.4 is 10.2 Å². The predicted molar refractivity (Wildman–Crippen MR) is 93.9 cm³/mol. The van der Waals surface area contributed by atoms with Crippen molar-refractivity contribution in [3.05, 3.63) is 47.3 Å². The first-order valence-corrected chi connectivity index (χ1v) is 8.29. The first kappa shape index (κ1) is 18.2. The summed E-state index contributed by atoms with van der Waals surface area (Å²) in [6.07, 6.45) is 2.07. The van der Waals surface area contributed by atoms with Crippen LogP contribution in [0, 0.1) is 18.7 Å². The molecule has 1 aliphatic carbocycles. The van der Waals surface area contributed by atoms with Gasteiger partial charge in [-0.25, -0.2) is 13.2 Å². The van der Waals surface area contributed by atoms with Crippen LogP contribution in [0.2, 0.25) is 0 Å². The molecular formula is C19H20F3N3O. The van der Waals surface area contributed by atoms with Gasteiger partial charge >= 0.3 is 0 Å². The fraction of sp³-hybridized carbons (Fsp3) is 0.368. The number of hydrogen-bond acceptors (Lipinski definition) is 3. The van der Waals surface area contributed by atoms with Gasteiger partial charge < -0.3 is 9.30 Å². The van der Waals surface area contributed by atoms with Crippen LogP contribution in [0.1, 0.15) is 18.4 Å². The second-order valence-electron chi connectivity index (χ2n) is 6.41. The van der Waals surface area contributed by atoms with Crippen molar-refractivity contribution in [2.75, 3.05) is 7.11 Å². The molecule has 1 unspecified atom stereocenters. The molecule has 1 atom stereocenters. The van der Waals surface area contributed by atoms with Crippen molar-refractivity contribution in [1.82, 2.24) is 4.57 Å². The number of benzene rings is 1. The summed E-state index contributed by atoms with van der Waals surface area (Å²) >= 11 is 0. The average Bonchev–Trinajstić information content (AvgIpc) is 3.22. The van der Waals surface area contributed by atoms with Crippen LogP contribution in [0.15, 0.2) is 40.7 Å². The summed E-state index contributed by atoms with van der Waals surface area (Å²) in [5, 5.41) is 7.64. The second-order valence-corrected chi connectivity index (χ2v) is 6.41. The third-order valence-corrected chi connectivity index (χ3v) is 4.74. The molecule has 7 heteroatoms. The molecule has 2 aromatic rings. The molecule has 138 valence electrons. The maximum atomic E-state index is 14.0. The molecule has 0 spiro atoms. The highest BCUT2D eigenvalue weighted by Gasteiger charge is 2.55. The fourth-order valence-electron chi connectivity index (χ4n) is 3.10. The van der Waals surface area contributed by atoms with Gasteiger partial charge in [0.15, 0.2) is 17.1 Å². The normalized spacial score (nSPS) is 18.7. The van der Waals surface area contributed by atoms with E-state index in [9.17, 15) is 13.2 Å². The summed E-state index contributed by atoms with van der Waals surface area (Å²) in [6.45, 7) is 5.63. The Hall–Kier alpha value is -2.57. The molecule has 1 fully saturated rings. The Morgan fingerprint density at radius 1 is 1.35 bits per heavy atom. The Morgan fingerprint density at radius 3 is 2.65 bits per heavy atom. The molecule has 0 bridgehead atoms. The van der Waals surface area contributed by atoms with E-state index in [-0.39, 0.29) is 12.2 Å². The number of hydrogen-bond donors (Lipinski definition) is 0. The number of halogens is 3. The number of pyridine rings is 1. The zero-order chi connectivity index (χ0) is 18.9. The van der Waals surface area contributed by atoms with Gasteiger partial charge in [-0.2, -0.15) is 5.10 Å². The van der Waals surface area contributed by atoms with E-state index in [0.29, 0.717) is 24.0 Å². The lowest BCUT2D eigenvalue weighted by atomic mass is 10.0. The maximum absolute atomic E-state index is 14.0. The molecule has 1 aromatic carbocycles. The standard InChI is InChI=1S/C19H20F3N3O/c1-12-15(13-4-5-17(26-3)16(20)10-13)7-9-25(18(12)24-23-2)8-6-14-11-19(14,21)22/h4-5,7,9-10,14H,2,6,8,11H2,1,3H3/b24-18-. The van der Waals surface area contributed by atoms with Crippen LogP contribution in [0.5, 0.6) is 5.75 Å². The van der Waals surface area contributed by atoms with E-state index in [1.165, 1.54) is 13.2 Å². The molecular weight excluding hydrogens is 343 g/mol. The monoisotopic (exact) mass is 363 g/mol. The van der Waals surface area contributed by atoms with Crippen molar-refractivity contribution in [2.24, 2.45) is 16.1 Å². The van der Waals surface area contributed by atoms with Crippen molar-refractivity contribution in [3.8, 4) is 16.9 Å². The van der Waals surface area contributed by atoms with E-state index in [0.717, 1.165) is 11.1 Å². The first-order chi connectivity index (χ1) is 12.4. The molecule has 0 amide bonds. The van der Waals surface area contributed by atoms with Crippen LogP contribution in [0.25, 0.3) is 11.1 Å². The number of ether oxygens (including phenoxy) is 1. The highest BCUT2D eigenvalue weighted by Crippen LogP contribution is 2.50. The second kappa shape index (κ2) is 6.97. The van der Waals surface area contributed by atoms with Gasteiger partial charge in [0.2, 0.25) is 0 Å². The zero-order valence-corrected chi connectivity index (χ0v) is 14.7. The van der Waals surface area contributed by atoms with Gasteiger partial charge in [0, 0.05) is 37.4 Å². The molecule has 0 saturated heterocycles. The van der Waals surface area contributed by atoms with E-state index >= 15 is 0 Å². The summed E-state index contributed by atoms with van der Waals surface area (Å²) in [5.41, 5.74) is 2.74. The number of methoxy groups -OCH3 is 1. The Morgan fingerprint density at radius 2 is 2.08 bits per heavy atom. The quantitative estimate of drug-likeness (QED) is 0.561. The van der Waals surface area contributed by atoms with Gasteiger partial charge in [-0.15, -0.1) is 5.10 Å². The molecule has 0 radical (unpaired) electrons. The van der Waals surface area contributed by atoms with Gasteiger partial charge in [0.05, 0.1) is 7.11 Å². The van der Waals surface area contributed by atoms with E-state index in [1.807, 2.05) is 13.0 Å². The van der Waals surface area contributed by atoms with E-state index in [4.69, 9.17) is 4.74 Å². The van der Waals surface area contributed by atoms with Gasteiger partial charge in [0.25, 0.3) is 5.92 Å². The molecule has 1 heterocycles. The number of aryl methyl sites for hydroxylation is 1. The SMILES string of the molecule is C=N/N=c1/c(C)c(-c2ccc(OC)c(F)c2)ccn1CCC1CC1(F)F. The van der Waals surface area contributed by atoms with Crippen molar-refractivity contribution < 1.29 is 17.9 Å². The Labute approximate surface area is 149 Å².